The lowest BCUT2D eigenvalue weighted by Gasteiger charge is -2.14. The number of ether oxygens (including phenoxy) is 1. The van der Waals surface area contributed by atoms with Gasteiger partial charge < -0.3 is 4.74 Å². The molecule has 0 saturated carbocycles. The van der Waals surface area contributed by atoms with E-state index in [1.807, 2.05) is 0 Å². The number of esters is 1. The summed E-state index contributed by atoms with van der Waals surface area (Å²) >= 11 is 5.56. The summed E-state index contributed by atoms with van der Waals surface area (Å²) in [7, 11) is 0. The SMILES string of the molecule is CC(=O)OC(Cl)C(C)C(C)=O. The number of alkyl halides is 1. The van der Waals surface area contributed by atoms with E-state index in [2.05, 4.69) is 4.74 Å². The third-order valence-corrected chi connectivity index (χ3v) is 1.78. The summed E-state index contributed by atoms with van der Waals surface area (Å²) < 4.78 is 4.58. The van der Waals surface area contributed by atoms with Crippen molar-refractivity contribution in [3.63, 3.8) is 0 Å². The number of halogens is 1. The van der Waals surface area contributed by atoms with Gasteiger partial charge in [0.1, 0.15) is 5.78 Å². The van der Waals surface area contributed by atoms with Crippen molar-refractivity contribution in [2.45, 2.75) is 26.3 Å². The van der Waals surface area contributed by atoms with E-state index in [0.29, 0.717) is 0 Å². The van der Waals surface area contributed by atoms with Crippen LogP contribution < -0.4 is 0 Å². The molecular weight excluding hydrogens is 168 g/mol. The first-order valence-corrected chi connectivity index (χ1v) is 3.70. The first kappa shape index (κ1) is 10.4. The molecule has 0 radical (unpaired) electrons. The Kier molecular flexibility index (Phi) is 4.11. The molecular formula is C7H11ClO3. The minimum atomic E-state index is -0.843. The molecule has 0 rings (SSSR count). The minimum Gasteiger partial charge on any atom is -0.445 e. The maximum atomic E-state index is 10.7. The second kappa shape index (κ2) is 4.34. The van der Waals surface area contributed by atoms with E-state index in [0.717, 1.165) is 0 Å². The first-order valence-electron chi connectivity index (χ1n) is 3.27. The van der Waals surface area contributed by atoms with Gasteiger partial charge in [-0.3, -0.25) is 9.59 Å². The van der Waals surface area contributed by atoms with Crippen molar-refractivity contribution in [2.24, 2.45) is 5.92 Å². The largest absolute Gasteiger partial charge is 0.445 e. The number of hydrogen-bond donors (Lipinski definition) is 0. The van der Waals surface area contributed by atoms with Crippen LogP contribution in [0.3, 0.4) is 0 Å². The van der Waals surface area contributed by atoms with Gasteiger partial charge in [0.15, 0.2) is 5.56 Å². The summed E-state index contributed by atoms with van der Waals surface area (Å²) in [5.41, 5.74) is -0.843. The van der Waals surface area contributed by atoms with Crippen LogP contribution in [0.2, 0.25) is 0 Å². The molecule has 0 aromatic rings. The third-order valence-electron chi connectivity index (χ3n) is 1.31. The summed E-state index contributed by atoms with van der Waals surface area (Å²) in [6, 6.07) is 0. The average molecular weight is 179 g/mol. The number of carbonyl (C=O) groups excluding carboxylic acids is 2. The molecule has 11 heavy (non-hydrogen) atoms. The van der Waals surface area contributed by atoms with Gasteiger partial charge in [-0.2, -0.15) is 0 Å². The van der Waals surface area contributed by atoms with Crippen molar-refractivity contribution in [1.29, 1.82) is 0 Å². The number of hydrogen-bond acceptors (Lipinski definition) is 3. The van der Waals surface area contributed by atoms with Gasteiger partial charge >= 0.3 is 5.97 Å². The van der Waals surface area contributed by atoms with Crippen LogP contribution in [0, 0.1) is 5.92 Å². The molecule has 64 valence electrons. The zero-order chi connectivity index (χ0) is 9.02. The van der Waals surface area contributed by atoms with Gasteiger partial charge in [0.2, 0.25) is 0 Å². The summed E-state index contributed by atoms with van der Waals surface area (Å²) in [4.78, 5) is 21.1. The van der Waals surface area contributed by atoms with E-state index in [9.17, 15) is 9.59 Å². The number of ketones is 1. The fourth-order valence-electron chi connectivity index (χ4n) is 0.445. The predicted molar refractivity (Wildman–Crippen MR) is 41.3 cm³/mol. The Bertz CT molecular complexity index is 167. The van der Waals surface area contributed by atoms with Crippen molar-refractivity contribution in [3.05, 3.63) is 0 Å². The van der Waals surface area contributed by atoms with Gasteiger partial charge in [0, 0.05) is 6.92 Å². The predicted octanol–water partition coefficient (Wildman–Crippen LogP) is 1.34. The second-order valence-electron chi connectivity index (χ2n) is 2.36. The second-order valence-corrected chi connectivity index (χ2v) is 2.79. The zero-order valence-corrected chi connectivity index (χ0v) is 7.51. The Morgan fingerprint density at radius 1 is 1.36 bits per heavy atom. The van der Waals surface area contributed by atoms with Crippen molar-refractivity contribution in [1.82, 2.24) is 0 Å². The quantitative estimate of drug-likeness (QED) is 0.484. The Morgan fingerprint density at radius 2 is 1.82 bits per heavy atom. The molecule has 0 fully saturated rings. The molecule has 0 spiro atoms. The highest BCUT2D eigenvalue weighted by molar-refractivity contribution is 6.21. The smallest absolute Gasteiger partial charge is 0.304 e. The van der Waals surface area contributed by atoms with E-state index in [4.69, 9.17) is 11.6 Å². The highest BCUT2D eigenvalue weighted by atomic mass is 35.5. The van der Waals surface area contributed by atoms with Gasteiger partial charge in [0.05, 0.1) is 5.92 Å². The highest BCUT2D eigenvalue weighted by Crippen LogP contribution is 2.12. The topological polar surface area (TPSA) is 43.4 Å². The molecule has 0 saturated heterocycles. The van der Waals surface area contributed by atoms with E-state index >= 15 is 0 Å². The van der Waals surface area contributed by atoms with Gasteiger partial charge in [0.25, 0.3) is 0 Å². The monoisotopic (exact) mass is 178 g/mol. The summed E-state index contributed by atoms with van der Waals surface area (Å²) in [5.74, 6) is -1.01. The lowest BCUT2D eigenvalue weighted by atomic mass is 10.1. The Hall–Kier alpha value is -0.570. The molecule has 0 N–H and O–H groups in total. The van der Waals surface area contributed by atoms with Crippen LogP contribution in [0.15, 0.2) is 0 Å². The molecule has 0 heterocycles. The van der Waals surface area contributed by atoms with Crippen LogP contribution in [0.1, 0.15) is 20.8 Å². The van der Waals surface area contributed by atoms with E-state index in [1.54, 1.807) is 6.92 Å². The maximum absolute atomic E-state index is 10.7. The summed E-state index contributed by atoms with van der Waals surface area (Å²) in [6.45, 7) is 4.27. The molecule has 0 aliphatic rings. The average Bonchev–Trinajstić information content (AvgIpc) is 1.84. The first-order chi connectivity index (χ1) is 4.95. The molecule has 0 bridgehead atoms. The molecule has 0 aliphatic heterocycles. The standard InChI is InChI=1S/C7H11ClO3/c1-4(5(2)9)7(8)11-6(3)10/h4,7H,1-3H3. The molecule has 3 nitrogen and oxygen atoms in total. The number of carbonyl (C=O) groups is 2. The van der Waals surface area contributed by atoms with E-state index in [-0.39, 0.29) is 5.78 Å². The molecule has 0 aliphatic carbocycles. The van der Waals surface area contributed by atoms with Crippen molar-refractivity contribution >= 4 is 23.4 Å². The fraction of sp³-hybridized carbons (Fsp3) is 0.714. The molecule has 4 heteroatoms. The summed E-state index contributed by atoms with van der Waals surface area (Å²) in [6.07, 6.45) is 0. The van der Waals surface area contributed by atoms with E-state index in [1.165, 1.54) is 13.8 Å². The van der Waals surface area contributed by atoms with Crippen molar-refractivity contribution in [3.8, 4) is 0 Å². The van der Waals surface area contributed by atoms with Crippen LogP contribution in [-0.4, -0.2) is 17.3 Å². The Labute approximate surface area is 70.7 Å². The highest BCUT2D eigenvalue weighted by Gasteiger charge is 2.20. The van der Waals surface area contributed by atoms with Crippen LogP contribution in [-0.2, 0) is 14.3 Å². The molecule has 0 aromatic heterocycles. The van der Waals surface area contributed by atoms with Gasteiger partial charge in [-0.25, -0.2) is 0 Å². The zero-order valence-electron chi connectivity index (χ0n) is 6.76. The number of Topliss-reactive ketones (excluding diaryl/α,β-unsaturated/α-hetero) is 1. The van der Waals surface area contributed by atoms with Gasteiger partial charge in [-0.05, 0) is 6.92 Å². The lowest BCUT2D eigenvalue weighted by Crippen LogP contribution is -2.23. The number of rotatable bonds is 3. The minimum absolute atomic E-state index is 0.0914. The van der Waals surface area contributed by atoms with Gasteiger partial charge in [-0.1, -0.05) is 18.5 Å². The lowest BCUT2D eigenvalue weighted by molar-refractivity contribution is -0.145. The molecule has 0 aromatic carbocycles. The maximum Gasteiger partial charge on any atom is 0.304 e. The van der Waals surface area contributed by atoms with Gasteiger partial charge in [-0.15, -0.1) is 0 Å². The van der Waals surface area contributed by atoms with Crippen LogP contribution >= 0.6 is 11.6 Å². The van der Waals surface area contributed by atoms with Crippen LogP contribution in [0.5, 0.6) is 0 Å². The van der Waals surface area contributed by atoms with Crippen LogP contribution in [0.4, 0.5) is 0 Å². The molecule has 0 amide bonds. The third kappa shape index (κ3) is 3.98. The fourth-order valence-corrected chi connectivity index (χ4v) is 0.748. The summed E-state index contributed by atoms with van der Waals surface area (Å²) in [5, 5.41) is 0. The Balaban J connectivity index is 3.92. The molecule has 2 atom stereocenters. The molecule has 2 unspecified atom stereocenters. The normalized spacial score (nSPS) is 15.3. The Morgan fingerprint density at radius 3 is 2.09 bits per heavy atom. The van der Waals surface area contributed by atoms with Crippen molar-refractivity contribution < 1.29 is 14.3 Å². The van der Waals surface area contributed by atoms with Crippen molar-refractivity contribution in [2.75, 3.05) is 0 Å². The van der Waals surface area contributed by atoms with Crippen LogP contribution in [0.25, 0.3) is 0 Å². The van der Waals surface area contributed by atoms with E-state index < -0.39 is 17.5 Å².